The number of para-hydroxylation sites is 1. The second kappa shape index (κ2) is 6.40. The normalized spacial score (nSPS) is 12.3. The Hall–Kier alpha value is -2.37. The van der Waals surface area contributed by atoms with E-state index in [0.717, 1.165) is 0 Å². The molecule has 1 amide bonds. The number of halogens is 2. The van der Waals surface area contributed by atoms with Gasteiger partial charge in [0.25, 0.3) is 5.91 Å². The molecule has 1 unspecified atom stereocenters. The van der Waals surface area contributed by atoms with E-state index in [4.69, 9.17) is 16.0 Å². The van der Waals surface area contributed by atoms with Crippen molar-refractivity contribution in [1.82, 2.24) is 5.32 Å². The van der Waals surface area contributed by atoms with Gasteiger partial charge in [-0.3, -0.25) is 4.79 Å². The van der Waals surface area contributed by atoms with E-state index in [1.165, 1.54) is 18.2 Å². The Bertz CT molecular complexity index is 862. The number of carbonyl (C=O) groups is 1. The third-order valence-corrected chi connectivity index (χ3v) is 3.74. The third kappa shape index (κ3) is 3.21. The molecule has 0 bridgehead atoms. The van der Waals surface area contributed by atoms with Crippen molar-refractivity contribution >= 4 is 28.5 Å². The highest BCUT2D eigenvalue weighted by Gasteiger charge is 2.17. The molecule has 1 aromatic heterocycles. The first-order valence-corrected chi connectivity index (χ1v) is 7.33. The lowest BCUT2D eigenvalue weighted by molar-refractivity contribution is 0.0889. The number of aliphatic hydroxyl groups excluding tert-OH is 1. The van der Waals surface area contributed by atoms with Gasteiger partial charge in [0.1, 0.15) is 5.82 Å². The van der Waals surface area contributed by atoms with Crippen LogP contribution in [-0.4, -0.2) is 17.6 Å². The lowest BCUT2D eigenvalue weighted by atomic mass is 10.1. The summed E-state index contributed by atoms with van der Waals surface area (Å²) in [5.74, 6) is -0.953. The number of fused-ring (bicyclic) bond motifs is 1. The van der Waals surface area contributed by atoms with Gasteiger partial charge in [-0.1, -0.05) is 41.9 Å². The van der Waals surface area contributed by atoms with Gasteiger partial charge in [0.2, 0.25) is 0 Å². The van der Waals surface area contributed by atoms with Crippen LogP contribution in [0.1, 0.15) is 22.2 Å². The summed E-state index contributed by atoms with van der Waals surface area (Å²) in [6, 6.07) is 12.6. The molecule has 2 N–H and O–H groups in total. The summed E-state index contributed by atoms with van der Waals surface area (Å²) < 4.78 is 19.0. The van der Waals surface area contributed by atoms with Crippen LogP contribution in [0.5, 0.6) is 0 Å². The highest BCUT2D eigenvalue weighted by molar-refractivity contribution is 6.34. The molecule has 0 fully saturated rings. The Morgan fingerprint density at radius 3 is 2.78 bits per heavy atom. The van der Waals surface area contributed by atoms with Crippen molar-refractivity contribution in [3.63, 3.8) is 0 Å². The Kier molecular flexibility index (Phi) is 4.32. The van der Waals surface area contributed by atoms with E-state index in [2.05, 4.69) is 5.32 Å². The predicted molar refractivity (Wildman–Crippen MR) is 84.9 cm³/mol. The van der Waals surface area contributed by atoms with Crippen molar-refractivity contribution in [1.29, 1.82) is 0 Å². The summed E-state index contributed by atoms with van der Waals surface area (Å²) in [5.41, 5.74) is 0.550. The highest BCUT2D eigenvalue weighted by atomic mass is 35.5. The summed E-state index contributed by atoms with van der Waals surface area (Å²) in [6.45, 7) is -0.134. The molecule has 23 heavy (non-hydrogen) atoms. The smallest absolute Gasteiger partial charge is 0.287 e. The third-order valence-electron chi connectivity index (χ3n) is 3.44. The molecule has 3 aromatic rings. The molecule has 1 atom stereocenters. The Balaban J connectivity index is 1.71. The quantitative estimate of drug-likeness (QED) is 0.765. The fourth-order valence-electron chi connectivity index (χ4n) is 2.27. The number of hydrogen-bond donors (Lipinski definition) is 2. The number of furan rings is 1. The summed E-state index contributed by atoms with van der Waals surface area (Å²) in [5, 5.41) is 13.6. The molecule has 0 aliphatic rings. The van der Waals surface area contributed by atoms with Crippen molar-refractivity contribution in [3.8, 4) is 0 Å². The van der Waals surface area contributed by atoms with Crippen molar-refractivity contribution < 1.29 is 18.7 Å². The number of benzene rings is 2. The van der Waals surface area contributed by atoms with Gasteiger partial charge < -0.3 is 14.8 Å². The number of carbonyl (C=O) groups excluding carboxylic acids is 1. The first kappa shape index (κ1) is 15.5. The molecule has 118 valence electrons. The van der Waals surface area contributed by atoms with Crippen LogP contribution >= 0.6 is 11.6 Å². The van der Waals surface area contributed by atoms with Crippen LogP contribution in [0, 0.1) is 5.82 Å². The predicted octanol–water partition coefficient (Wildman–Crippen LogP) is 3.69. The van der Waals surface area contributed by atoms with E-state index in [0.29, 0.717) is 16.0 Å². The zero-order valence-electron chi connectivity index (χ0n) is 11.9. The maximum Gasteiger partial charge on any atom is 0.287 e. The first-order valence-electron chi connectivity index (χ1n) is 6.95. The molecule has 0 aliphatic heterocycles. The van der Waals surface area contributed by atoms with Gasteiger partial charge in [-0.05, 0) is 18.2 Å². The number of hydrogen-bond acceptors (Lipinski definition) is 3. The largest absolute Gasteiger partial charge is 0.449 e. The van der Waals surface area contributed by atoms with Crippen LogP contribution in [0.4, 0.5) is 4.39 Å². The molecule has 2 aromatic carbocycles. The standard InChI is InChI=1S/C17H13ClFNO3/c18-12-6-3-4-10-8-15(23-16(10)12)17(22)20-9-14(21)11-5-1-2-7-13(11)19/h1-8,14,21H,9H2,(H,20,22). The Morgan fingerprint density at radius 1 is 1.26 bits per heavy atom. The van der Waals surface area contributed by atoms with Crippen LogP contribution in [0.2, 0.25) is 5.02 Å². The van der Waals surface area contributed by atoms with Crippen molar-refractivity contribution in [2.45, 2.75) is 6.10 Å². The van der Waals surface area contributed by atoms with Gasteiger partial charge in [0.15, 0.2) is 11.3 Å². The number of amides is 1. The maximum atomic E-state index is 13.6. The topological polar surface area (TPSA) is 62.5 Å². The van der Waals surface area contributed by atoms with Crippen LogP contribution in [0.15, 0.2) is 52.9 Å². The van der Waals surface area contributed by atoms with Crippen LogP contribution in [-0.2, 0) is 0 Å². The molecule has 0 radical (unpaired) electrons. The average molecular weight is 334 g/mol. The van der Waals surface area contributed by atoms with Crippen molar-refractivity contribution in [2.24, 2.45) is 0 Å². The summed E-state index contributed by atoms with van der Waals surface area (Å²) in [4.78, 5) is 12.1. The van der Waals surface area contributed by atoms with Crippen LogP contribution in [0.3, 0.4) is 0 Å². The molecule has 3 rings (SSSR count). The van der Waals surface area contributed by atoms with Crippen LogP contribution < -0.4 is 5.32 Å². The molecule has 6 heteroatoms. The van der Waals surface area contributed by atoms with Gasteiger partial charge in [-0.25, -0.2) is 4.39 Å². The molecule has 0 spiro atoms. The van der Waals surface area contributed by atoms with E-state index < -0.39 is 17.8 Å². The monoisotopic (exact) mass is 333 g/mol. The maximum absolute atomic E-state index is 13.6. The fraction of sp³-hybridized carbons (Fsp3) is 0.118. The fourth-order valence-corrected chi connectivity index (χ4v) is 2.49. The molecule has 1 heterocycles. The van der Waals surface area contributed by atoms with Crippen LogP contribution in [0.25, 0.3) is 11.0 Å². The Morgan fingerprint density at radius 2 is 2.04 bits per heavy atom. The van der Waals surface area contributed by atoms with E-state index in [-0.39, 0.29) is 17.9 Å². The average Bonchev–Trinajstić information content (AvgIpc) is 2.98. The molecular formula is C17H13ClFNO3. The zero-order chi connectivity index (χ0) is 16.4. The van der Waals surface area contributed by atoms with Gasteiger partial charge in [-0.2, -0.15) is 0 Å². The minimum Gasteiger partial charge on any atom is -0.449 e. The number of rotatable bonds is 4. The van der Waals surface area contributed by atoms with Gasteiger partial charge >= 0.3 is 0 Å². The number of aliphatic hydroxyl groups is 1. The molecule has 0 aliphatic carbocycles. The number of nitrogens with one attached hydrogen (secondary N) is 1. The first-order chi connectivity index (χ1) is 11.1. The SMILES string of the molecule is O=C(NCC(O)c1ccccc1F)c1cc2cccc(Cl)c2o1. The molecule has 0 saturated carbocycles. The summed E-state index contributed by atoms with van der Waals surface area (Å²) >= 11 is 5.99. The van der Waals surface area contributed by atoms with Crippen molar-refractivity contribution in [2.75, 3.05) is 6.54 Å². The Labute approximate surface area is 136 Å². The molecule has 0 saturated heterocycles. The lowest BCUT2D eigenvalue weighted by Gasteiger charge is -2.12. The highest BCUT2D eigenvalue weighted by Crippen LogP contribution is 2.26. The minimum absolute atomic E-state index is 0.0776. The second-order valence-electron chi connectivity index (χ2n) is 5.02. The van der Waals surface area contributed by atoms with E-state index in [1.807, 2.05) is 0 Å². The minimum atomic E-state index is -1.15. The summed E-state index contributed by atoms with van der Waals surface area (Å²) in [7, 11) is 0. The van der Waals surface area contributed by atoms with Crippen molar-refractivity contribution in [3.05, 3.63) is 70.7 Å². The van der Waals surface area contributed by atoms with E-state index >= 15 is 0 Å². The molecule has 4 nitrogen and oxygen atoms in total. The summed E-state index contributed by atoms with van der Waals surface area (Å²) in [6.07, 6.45) is -1.15. The zero-order valence-corrected chi connectivity index (χ0v) is 12.7. The molecular weight excluding hydrogens is 321 g/mol. The lowest BCUT2D eigenvalue weighted by Crippen LogP contribution is -2.28. The van der Waals surface area contributed by atoms with Gasteiger partial charge in [0, 0.05) is 17.5 Å². The van der Waals surface area contributed by atoms with E-state index in [1.54, 1.807) is 30.3 Å². The second-order valence-corrected chi connectivity index (χ2v) is 5.42. The van der Waals surface area contributed by atoms with Gasteiger partial charge in [0.05, 0.1) is 11.1 Å². The van der Waals surface area contributed by atoms with Gasteiger partial charge in [-0.15, -0.1) is 0 Å². The van der Waals surface area contributed by atoms with E-state index in [9.17, 15) is 14.3 Å².